The fourth-order valence-corrected chi connectivity index (χ4v) is 4.35. The van der Waals surface area contributed by atoms with Crippen LogP contribution in [0.2, 0.25) is 10.0 Å². The third-order valence-corrected chi connectivity index (χ3v) is 6.17. The molecule has 1 amide bonds. The number of hydrogen-bond acceptors (Lipinski definition) is 4. The molecule has 0 spiro atoms. The first-order chi connectivity index (χ1) is 14.7. The number of aromatic nitrogens is 3. The number of amides is 1. The first-order valence-corrected chi connectivity index (χ1v) is 11.5. The Morgan fingerprint density at radius 1 is 1.13 bits per heavy atom. The molecule has 0 atom stereocenters. The van der Waals surface area contributed by atoms with Gasteiger partial charge in [-0.3, -0.25) is 0 Å². The van der Waals surface area contributed by atoms with Gasteiger partial charge in [-0.1, -0.05) is 40.6 Å². The monoisotopic (exact) mass is 462 g/mol. The standard InChI is InChI=1S/C23H28Cl2N4O2/c1-23(2,3)31-22(30)28-13-11-15(12-14-28)7-10-19-20(16-8-9-16)26-27-29(19)21-17(24)5-4-6-18(21)25/h4-7,10,15-16H,8-9,11-14H2,1-3H3. The highest BCUT2D eigenvalue weighted by Crippen LogP contribution is 2.42. The van der Waals surface area contributed by atoms with Gasteiger partial charge in [0, 0.05) is 19.0 Å². The molecule has 2 aromatic rings. The second kappa shape index (κ2) is 8.83. The predicted molar refractivity (Wildman–Crippen MR) is 123 cm³/mol. The molecule has 1 saturated heterocycles. The van der Waals surface area contributed by atoms with Gasteiger partial charge >= 0.3 is 6.09 Å². The van der Waals surface area contributed by atoms with Crippen LogP contribution in [0.5, 0.6) is 0 Å². The minimum absolute atomic E-state index is 0.235. The summed E-state index contributed by atoms with van der Waals surface area (Å²) in [6.07, 6.45) is 8.11. The highest BCUT2D eigenvalue weighted by Gasteiger charge is 2.31. The Bertz CT molecular complexity index is 964. The van der Waals surface area contributed by atoms with Crippen molar-refractivity contribution in [3.8, 4) is 5.69 Å². The number of piperidine rings is 1. The number of benzene rings is 1. The number of carbonyl (C=O) groups excluding carboxylic acids is 1. The Morgan fingerprint density at radius 2 is 1.77 bits per heavy atom. The van der Waals surface area contributed by atoms with Gasteiger partial charge in [0.1, 0.15) is 11.3 Å². The maximum atomic E-state index is 12.3. The fraction of sp³-hybridized carbons (Fsp3) is 0.522. The van der Waals surface area contributed by atoms with Gasteiger partial charge in [0.05, 0.1) is 21.4 Å². The molecular formula is C23H28Cl2N4O2. The molecule has 1 aromatic carbocycles. The lowest BCUT2D eigenvalue weighted by molar-refractivity contribution is 0.0197. The highest BCUT2D eigenvalue weighted by molar-refractivity contribution is 6.37. The summed E-state index contributed by atoms with van der Waals surface area (Å²) in [6, 6.07) is 5.43. The number of rotatable bonds is 4. The van der Waals surface area contributed by atoms with Crippen LogP contribution >= 0.6 is 23.2 Å². The minimum atomic E-state index is -0.474. The third kappa shape index (κ3) is 5.24. The quantitative estimate of drug-likeness (QED) is 0.549. The van der Waals surface area contributed by atoms with E-state index >= 15 is 0 Å². The smallest absolute Gasteiger partial charge is 0.410 e. The Labute approximate surface area is 193 Å². The molecule has 166 valence electrons. The zero-order chi connectivity index (χ0) is 22.2. The van der Waals surface area contributed by atoms with Gasteiger partial charge in [0.15, 0.2) is 0 Å². The molecule has 0 unspecified atom stereocenters. The topological polar surface area (TPSA) is 60.2 Å². The SMILES string of the molecule is CC(C)(C)OC(=O)N1CCC(C=Cc2c(C3CC3)nnn2-c2c(Cl)cccc2Cl)CC1. The van der Waals surface area contributed by atoms with Crippen molar-refractivity contribution in [2.24, 2.45) is 5.92 Å². The van der Waals surface area contributed by atoms with Crippen LogP contribution in [-0.4, -0.2) is 44.7 Å². The first-order valence-electron chi connectivity index (χ1n) is 10.8. The maximum absolute atomic E-state index is 12.3. The van der Waals surface area contributed by atoms with E-state index in [9.17, 15) is 4.79 Å². The molecular weight excluding hydrogens is 435 g/mol. The van der Waals surface area contributed by atoms with E-state index in [1.807, 2.05) is 26.8 Å². The van der Waals surface area contributed by atoms with Crippen molar-refractivity contribution in [2.75, 3.05) is 13.1 Å². The van der Waals surface area contributed by atoms with Crippen LogP contribution in [0.25, 0.3) is 11.8 Å². The molecule has 2 aliphatic rings. The Kier molecular flexibility index (Phi) is 6.31. The zero-order valence-electron chi connectivity index (χ0n) is 18.1. The fourth-order valence-electron chi connectivity index (χ4n) is 3.79. The summed E-state index contributed by atoms with van der Waals surface area (Å²) in [4.78, 5) is 14.1. The van der Waals surface area contributed by atoms with Crippen molar-refractivity contribution in [2.45, 2.75) is 58.0 Å². The molecule has 6 nitrogen and oxygen atoms in total. The highest BCUT2D eigenvalue weighted by atomic mass is 35.5. The molecule has 1 saturated carbocycles. The van der Waals surface area contributed by atoms with Crippen LogP contribution in [0.1, 0.15) is 63.8 Å². The van der Waals surface area contributed by atoms with E-state index in [0.29, 0.717) is 40.7 Å². The second-order valence-corrected chi connectivity index (χ2v) is 10.1. The van der Waals surface area contributed by atoms with Crippen molar-refractivity contribution in [3.63, 3.8) is 0 Å². The van der Waals surface area contributed by atoms with Crippen molar-refractivity contribution in [1.29, 1.82) is 0 Å². The largest absolute Gasteiger partial charge is 0.444 e. The van der Waals surface area contributed by atoms with Crippen molar-refractivity contribution >= 4 is 35.4 Å². The van der Waals surface area contributed by atoms with Gasteiger partial charge in [-0.2, -0.15) is 0 Å². The number of halogens is 2. The van der Waals surface area contributed by atoms with Crippen molar-refractivity contribution in [3.05, 3.63) is 45.7 Å². The van der Waals surface area contributed by atoms with Gasteiger partial charge in [-0.15, -0.1) is 5.10 Å². The van der Waals surface area contributed by atoms with Crippen molar-refractivity contribution in [1.82, 2.24) is 19.9 Å². The molecule has 0 N–H and O–H groups in total. The number of allylic oxidation sites excluding steroid dienone is 1. The van der Waals surface area contributed by atoms with E-state index in [1.54, 1.807) is 21.7 Å². The zero-order valence-corrected chi connectivity index (χ0v) is 19.7. The van der Waals surface area contributed by atoms with Crippen LogP contribution in [-0.2, 0) is 4.74 Å². The molecule has 0 bridgehead atoms. The van der Waals surface area contributed by atoms with Crippen LogP contribution < -0.4 is 0 Å². The number of likely N-dealkylation sites (tertiary alicyclic amines) is 1. The number of hydrogen-bond donors (Lipinski definition) is 0. The average Bonchev–Trinajstić information content (AvgIpc) is 3.46. The summed E-state index contributed by atoms with van der Waals surface area (Å²) >= 11 is 12.9. The average molecular weight is 463 g/mol. The molecule has 1 aliphatic carbocycles. The lowest BCUT2D eigenvalue weighted by atomic mass is 9.96. The normalized spacial score (nSPS) is 18.0. The summed E-state index contributed by atoms with van der Waals surface area (Å²) in [5, 5.41) is 9.91. The molecule has 2 heterocycles. The van der Waals surface area contributed by atoms with E-state index in [4.69, 9.17) is 27.9 Å². The summed E-state index contributed by atoms with van der Waals surface area (Å²) in [6.45, 7) is 7.04. The molecule has 1 aliphatic heterocycles. The van der Waals surface area contributed by atoms with Gasteiger partial charge in [-0.25, -0.2) is 9.48 Å². The van der Waals surface area contributed by atoms with Crippen LogP contribution in [0.3, 0.4) is 0 Å². The van der Waals surface area contributed by atoms with E-state index in [1.165, 1.54) is 0 Å². The van der Waals surface area contributed by atoms with E-state index in [2.05, 4.69) is 22.5 Å². The maximum Gasteiger partial charge on any atom is 0.410 e. The van der Waals surface area contributed by atoms with E-state index in [-0.39, 0.29) is 6.09 Å². The predicted octanol–water partition coefficient (Wildman–Crippen LogP) is 6.11. The Hall–Kier alpha value is -2.05. The molecule has 4 rings (SSSR count). The molecule has 31 heavy (non-hydrogen) atoms. The summed E-state index contributed by atoms with van der Waals surface area (Å²) in [7, 11) is 0. The minimum Gasteiger partial charge on any atom is -0.444 e. The summed E-state index contributed by atoms with van der Waals surface area (Å²) < 4.78 is 7.25. The summed E-state index contributed by atoms with van der Waals surface area (Å²) in [5.41, 5.74) is 2.12. The lowest BCUT2D eigenvalue weighted by Crippen LogP contribution is -2.41. The lowest BCUT2D eigenvalue weighted by Gasteiger charge is -2.32. The number of carbonyl (C=O) groups is 1. The van der Waals surface area contributed by atoms with Gasteiger partial charge < -0.3 is 9.64 Å². The van der Waals surface area contributed by atoms with Crippen LogP contribution in [0.4, 0.5) is 4.79 Å². The van der Waals surface area contributed by atoms with Crippen LogP contribution in [0.15, 0.2) is 24.3 Å². The first kappa shape index (κ1) is 22.2. The van der Waals surface area contributed by atoms with Gasteiger partial charge in [-0.05, 0) is 70.6 Å². The van der Waals surface area contributed by atoms with Crippen molar-refractivity contribution < 1.29 is 9.53 Å². The van der Waals surface area contributed by atoms with Gasteiger partial charge in [0.25, 0.3) is 0 Å². The Morgan fingerprint density at radius 3 is 2.35 bits per heavy atom. The number of para-hydroxylation sites is 1. The molecule has 8 heteroatoms. The van der Waals surface area contributed by atoms with E-state index < -0.39 is 5.60 Å². The summed E-state index contributed by atoms with van der Waals surface area (Å²) in [5.74, 6) is 0.819. The van der Waals surface area contributed by atoms with Gasteiger partial charge in [0.2, 0.25) is 0 Å². The second-order valence-electron chi connectivity index (χ2n) is 9.28. The molecule has 0 radical (unpaired) electrons. The number of ether oxygens (including phenoxy) is 1. The third-order valence-electron chi connectivity index (χ3n) is 5.56. The molecule has 1 aromatic heterocycles. The van der Waals surface area contributed by atoms with E-state index in [0.717, 1.165) is 37.1 Å². The Balaban J connectivity index is 1.50. The van der Waals surface area contributed by atoms with Crippen LogP contribution in [0, 0.1) is 5.92 Å². The number of nitrogens with zero attached hydrogens (tertiary/aromatic N) is 4. The molecule has 2 fully saturated rings.